The first kappa shape index (κ1) is 52.4. The van der Waals surface area contributed by atoms with Crippen LogP contribution in [0.2, 0.25) is 0 Å². The normalized spacial score (nSPS) is 15.5. The molecule has 0 bridgehead atoms. The molecule has 316 valence electrons. The maximum atomic E-state index is 12.8. The third-order valence-electron chi connectivity index (χ3n) is 9.42. The number of nitrogens with one attached hydrogen (secondary N) is 1. The number of quaternary nitrogens is 1. The number of phosphoric ester groups is 1. The Morgan fingerprint density at radius 3 is 1.81 bits per heavy atom. The van der Waals surface area contributed by atoms with E-state index in [1.807, 2.05) is 39.4 Å². The van der Waals surface area contributed by atoms with Gasteiger partial charge in [-0.25, -0.2) is 0 Å². The van der Waals surface area contributed by atoms with Crippen molar-refractivity contribution in [3.8, 4) is 0 Å². The number of likely N-dealkylation sites (N-methyl/N-ethyl adjacent to an activating group) is 1. The zero-order valence-electron chi connectivity index (χ0n) is 35.3. The highest BCUT2D eigenvalue weighted by molar-refractivity contribution is 7.45. The molecule has 0 aliphatic rings. The molecule has 3 N–H and O–H groups in total. The Morgan fingerprint density at radius 2 is 1.22 bits per heavy atom. The third kappa shape index (κ3) is 37.3. The van der Waals surface area contributed by atoms with Crippen molar-refractivity contribution in [3.63, 3.8) is 0 Å². The number of aliphatic hydroxyl groups is 2. The van der Waals surface area contributed by atoms with Crippen LogP contribution in [0.25, 0.3) is 0 Å². The topological polar surface area (TPSA) is 128 Å². The van der Waals surface area contributed by atoms with Crippen LogP contribution in [0.4, 0.5) is 0 Å². The van der Waals surface area contributed by atoms with E-state index in [-0.39, 0.29) is 31.6 Å². The Kier molecular flexibility index (Phi) is 34.8. The highest BCUT2D eigenvalue weighted by Crippen LogP contribution is 2.38. The summed E-state index contributed by atoms with van der Waals surface area (Å²) in [6, 6.07) is -0.843. The lowest BCUT2D eigenvalue weighted by atomic mass is 10.0. The van der Waals surface area contributed by atoms with Gasteiger partial charge >= 0.3 is 0 Å². The van der Waals surface area contributed by atoms with Gasteiger partial charge in [-0.3, -0.25) is 9.36 Å². The zero-order chi connectivity index (χ0) is 40.2. The molecule has 0 aromatic carbocycles. The average molecular weight is 783 g/mol. The van der Waals surface area contributed by atoms with Crippen molar-refractivity contribution in [2.75, 3.05) is 40.9 Å². The van der Waals surface area contributed by atoms with Crippen molar-refractivity contribution in [2.45, 2.75) is 186 Å². The summed E-state index contributed by atoms with van der Waals surface area (Å²) in [5, 5.41) is 23.7. The van der Waals surface area contributed by atoms with Gasteiger partial charge in [0.15, 0.2) is 0 Å². The van der Waals surface area contributed by atoms with E-state index < -0.39 is 20.0 Å². The molecule has 10 heteroatoms. The SMILES string of the molecule is CCCCCCCCCCCCCCCC[C@@H](O)[C@H](COP(=O)([O-])OCC[N+](C)(C)C)NC(=O)CCC/C=C\C/C=C\C/C=C\C=C\[C@@H](O)CCCCC. The van der Waals surface area contributed by atoms with Gasteiger partial charge in [-0.1, -0.05) is 172 Å². The molecule has 0 radical (unpaired) electrons. The lowest BCUT2D eigenvalue weighted by Gasteiger charge is -2.30. The number of allylic oxidation sites excluding steroid dienone is 7. The minimum Gasteiger partial charge on any atom is -0.756 e. The molecule has 0 aliphatic carbocycles. The number of rotatable bonds is 38. The summed E-state index contributed by atoms with van der Waals surface area (Å²) < 4.78 is 23.2. The number of carbonyl (C=O) groups excluding carboxylic acids is 1. The number of nitrogens with zero attached hydrogens (tertiary/aromatic N) is 1. The van der Waals surface area contributed by atoms with Crippen molar-refractivity contribution in [1.29, 1.82) is 0 Å². The minimum atomic E-state index is -4.59. The van der Waals surface area contributed by atoms with Gasteiger partial charge in [0, 0.05) is 6.42 Å². The lowest BCUT2D eigenvalue weighted by molar-refractivity contribution is -0.870. The van der Waals surface area contributed by atoms with Gasteiger partial charge in [0.05, 0.1) is 46.0 Å². The number of aliphatic hydroxyl groups excluding tert-OH is 2. The fourth-order valence-electron chi connectivity index (χ4n) is 5.91. The van der Waals surface area contributed by atoms with E-state index in [1.165, 1.54) is 70.6 Å². The molecule has 0 saturated heterocycles. The number of amides is 1. The Hall–Kier alpha value is -1.58. The van der Waals surface area contributed by atoms with E-state index in [2.05, 4.69) is 49.5 Å². The predicted molar refractivity (Wildman–Crippen MR) is 225 cm³/mol. The van der Waals surface area contributed by atoms with Crippen molar-refractivity contribution in [1.82, 2.24) is 5.32 Å². The van der Waals surface area contributed by atoms with Crippen LogP contribution >= 0.6 is 7.82 Å². The van der Waals surface area contributed by atoms with E-state index in [0.29, 0.717) is 23.9 Å². The largest absolute Gasteiger partial charge is 0.756 e. The average Bonchev–Trinajstić information content (AvgIpc) is 3.11. The first-order chi connectivity index (χ1) is 25.9. The molecule has 0 rings (SSSR count). The summed E-state index contributed by atoms with van der Waals surface area (Å²) in [5.41, 5.74) is 0. The standard InChI is InChI=1S/C44H83N2O7P/c1-6-8-10-11-12-13-14-15-16-19-22-25-28-32-36-43(48)42(40-53-54(50,51)52-39-38-46(3,4)5)45-44(49)37-33-29-26-23-20-17-18-21-24-27-31-35-41(47)34-30-9-7-2/h17-18,23-24,26-27,31,35,41-43,47-48H,6-16,19-22,25,28-30,32-34,36-40H2,1-5H3,(H-,45,49,50,51)/b18-17-,26-23-,27-24-,35-31+/t41-,42-,43+/m0/s1. The van der Waals surface area contributed by atoms with Gasteiger partial charge in [-0.05, 0) is 38.5 Å². The van der Waals surface area contributed by atoms with E-state index in [4.69, 9.17) is 9.05 Å². The second kappa shape index (κ2) is 35.8. The third-order valence-corrected chi connectivity index (χ3v) is 10.4. The molecule has 0 fully saturated rings. The van der Waals surface area contributed by atoms with Crippen LogP contribution in [0.1, 0.15) is 168 Å². The van der Waals surface area contributed by atoms with Crippen LogP contribution in [0.3, 0.4) is 0 Å². The second-order valence-electron chi connectivity index (χ2n) is 15.9. The second-order valence-corrected chi connectivity index (χ2v) is 17.3. The van der Waals surface area contributed by atoms with Gasteiger partial charge in [0.2, 0.25) is 5.91 Å². The Bertz CT molecular complexity index is 1040. The summed E-state index contributed by atoms with van der Waals surface area (Å²) in [4.78, 5) is 25.3. The Morgan fingerprint density at radius 1 is 0.704 bits per heavy atom. The first-order valence-electron chi connectivity index (χ1n) is 21.6. The number of unbranched alkanes of at least 4 members (excludes halogenated alkanes) is 16. The zero-order valence-corrected chi connectivity index (χ0v) is 36.2. The monoisotopic (exact) mass is 783 g/mol. The van der Waals surface area contributed by atoms with E-state index in [0.717, 1.165) is 64.2 Å². The van der Waals surface area contributed by atoms with Crippen molar-refractivity contribution in [3.05, 3.63) is 48.6 Å². The number of phosphoric acid groups is 1. The van der Waals surface area contributed by atoms with Crippen molar-refractivity contribution in [2.24, 2.45) is 0 Å². The van der Waals surface area contributed by atoms with Gasteiger partial charge in [-0.2, -0.15) is 0 Å². The molecule has 0 spiro atoms. The van der Waals surface area contributed by atoms with Gasteiger partial charge in [-0.15, -0.1) is 0 Å². The van der Waals surface area contributed by atoms with E-state index in [9.17, 15) is 24.5 Å². The van der Waals surface area contributed by atoms with E-state index >= 15 is 0 Å². The highest BCUT2D eigenvalue weighted by atomic mass is 31.2. The molecule has 0 aliphatic heterocycles. The molecule has 1 amide bonds. The quantitative estimate of drug-likeness (QED) is 0.0187. The number of hydrogen-bond acceptors (Lipinski definition) is 7. The number of hydrogen-bond donors (Lipinski definition) is 3. The molecule has 54 heavy (non-hydrogen) atoms. The minimum absolute atomic E-state index is 0.00800. The van der Waals surface area contributed by atoms with Gasteiger partial charge < -0.3 is 34.0 Å². The molecule has 4 atom stereocenters. The lowest BCUT2D eigenvalue weighted by Crippen LogP contribution is -2.46. The Balaban J connectivity index is 4.55. The van der Waals surface area contributed by atoms with Crippen LogP contribution in [-0.4, -0.2) is 79.8 Å². The molecule has 1 unspecified atom stereocenters. The summed E-state index contributed by atoms with van der Waals surface area (Å²) in [7, 11) is 1.23. The molecular weight excluding hydrogens is 699 g/mol. The molecular formula is C44H83N2O7P. The number of carbonyl (C=O) groups is 1. The molecule has 0 aromatic heterocycles. The van der Waals surface area contributed by atoms with Crippen molar-refractivity contribution >= 4 is 13.7 Å². The summed E-state index contributed by atoms with van der Waals surface area (Å²) in [6.07, 6.45) is 40.1. The van der Waals surface area contributed by atoms with Crippen LogP contribution in [0.5, 0.6) is 0 Å². The highest BCUT2D eigenvalue weighted by Gasteiger charge is 2.24. The van der Waals surface area contributed by atoms with Gasteiger partial charge in [0.1, 0.15) is 13.2 Å². The van der Waals surface area contributed by atoms with Crippen LogP contribution in [0.15, 0.2) is 48.6 Å². The summed E-state index contributed by atoms with van der Waals surface area (Å²) >= 11 is 0. The van der Waals surface area contributed by atoms with Crippen LogP contribution in [-0.2, 0) is 18.4 Å². The predicted octanol–water partition coefficient (Wildman–Crippen LogP) is 10.0. The molecule has 0 aromatic rings. The van der Waals surface area contributed by atoms with Crippen molar-refractivity contribution < 1.29 is 38.0 Å². The van der Waals surface area contributed by atoms with Gasteiger partial charge in [0.25, 0.3) is 7.82 Å². The maximum Gasteiger partial charge on any atom is 0.268 e. The fourth-order valence-corrected chi connectivity index (χ4v) is 6.63. The first-order valence-corrected chi connectivity index (χ1v) is 23.1. The van der Waals surface area contributed by atoms with E-state index in [1.54, 1.807) is 0 Å². The molecule has 9 nitrogen and oxygen atoms in total. The fraction of sp³-hybridized carbons (Fsp3) is 0.795. The molecule has 0 saturated carbocycles. The summed E-state index contributed by atoms with van der Waals surface area (Å²) in [6.45, 7) is 4.53. The smallest absolute Gasteiger partial charge is 0.268 e. The summed E-state index contributed by atoms with van der Waals surface area (Å²) in [5.74, 6) is -0.238. The van der Waals surface area contributed by atoms with Crippen LogP contribution in [0, 0.1) is 0 Å². The molecule has 0 heterocycles. The maximum absolute atomic E-state index is 12.8. The Labute approximate surface area is 332 Å². The van der Waals surface area contributed by atoms with Crippen LogP contribution < -0.4 is 10.2 Å².